The first-order valence-corrected chi connectivity index (χ1v) is 27.6. The van der Waals surface area contributed by atoms with E-state index in [0.717, 1.165) is 17.1 Å². The quantitative estimate of drug-likeness (QED) is 0.161. The van der Waals surface area contributed by atoms with E-state index in [9.17, 15) is 0 Å². The summed E-state index contributed by atoms with van der Waals surface area (Å²) in [5.41, 5.74) is 23.8. The number of hydrogen-bond acceptors (Lipinski definition) is 2. The summed E-state index contributed by atoms with van der Waals surface area (Å²) >= 11 is 1.87. The van der Waals surface area contributed by atoms with Crippen LogP contribution in [0.3, 0.4) is 0 Å². The highest BCUT2D eigenvalue weighted by atomic mass is 32.1. The highest BCUT2D eigenvalue weighted by molar-refractivity contribution is 7.25. The molecular weight excluding hydrogens is 949 g/mol. The van der Waals surface area contributed by atoms with E-state index in [4.69, 9.17) is 0 Å². The van der Waals surface area contributed by atoms with Crippen molar-refractivity contribution >= 4 is 70.4 Å². The minimum absolute atomic E-state index is 0.510. The molecule has 0 fully saturated rings. The van der Waals surface area contributed by atoms with Crippen LogP contribution in [0.5, 0.6) is 0 Å². The second-order valence-electron chi connectivity index (χ2n) is 21.0. The van der Waals surface area contributed by atoms with Crippen molar-refractivity contribution in [2.24, 2.45) is 0 Å². The van der Waals surface area contributed by atoms with Crippen molar-refractivity contribution in [3.63, 3.8) is 0 Å². The van der Waals surface area contributed by atoms with Crippen LogP contribution in [-0.2, 0) is 10.8 Å². The van der Waals surface area contributed by atoms with Crippen LogP contribution in [0.2, 0.25) is 0 Å². The van der Waals surface area contributed by atoms with Gasteiger partial charge in [0.1, 0.15) is 0 Å². The molecule has 1 unspecified atom stereocenters. The Kier molecular flexibility index (Phi) is 8.88. The monoisotopic (exact) mass is 994 g/mol. The van der Waals surface area contributed by atoms with Crippen molar-refractivity contribution in [1.29, 1.82) is 0 Å². The molecule has 2 nitrogen and oxygen atoms in total. The molecule has 17 rings (SSSR count). The lowest BCUT2D eigenvalue weighted by molar-refractivity contribution is 0.748. The first-order chi connectivity index (χ1) is 38.2. The molecule has 12 aromatic carbocycles. The molecule has 1 atom stereocenters. The lowest BCUT2D eigenvalue weighted by Gasteiger charge is -2.39. The summed E-state index contributed by atoms with van der Waals surface area (Å²) in [6.45, 7) is 0. The van der Waals surface area contributed by atoms with Gasteiger partial charge in [-0.15, -0.1) is 11.3 Å². The van der Waals surface area contributed by atoms with Gasteiger partial charge >= 0.3 is 0 Å². The maximum atomic E-state index is 2.53. The predicted molar refractivity (Wildman–Crippen MR) is 322 cm³/mol. The Labute approximate surface area is 450 Å². The summed E-state index contributed by atoms with van der Waals surface area (Å²) in [5, 5.41) is 5.18. The average molecular weight is 995 g/mol. The molecule has 14 aromatic rings. The lowest BCUT2D eigenvalue weighted by Crippen LogP contribution is -2.33. The molecule has 2 aromatic heterocycles. The van der Waals surface area contributed by atoms with Gasteiger partial charge in [-0.2, -0.15) is 0 Å². The van der Waals surface area contributed by atoms with Crippen molar-refractivity contribution < 1.29 is 0 Å². The highest BCUT2D eigenvalue weighted by Gasteiger charge is 2.52. The molecule has 3 heteroatoms. The van der Waals surface area contributed by atoms with Crippen molar-refractivity contribution in [3.8, 4) is 39.1 Å². The van der Waals surface area contributed by atoms with Gasteiger partial charge in [0.25, 0.3) is 0 Å². The Hall–Kier alpha value is -9.54. The minimum Gasteiger partial charge on any atom is -0.310 e. The molecule has 0 saturated heterocycles. The molecule has 0 saturated carbocycles. The van der Waals surface area contributed by atoms with Gasteiger partial charge in [-0.05, 0) is 127 Å². The number of fused-ring (bicyclic) bond motifs is 18. The molecule has 1 spiro atoms. The van der Waals surface area contributed by atoms with Gasteiger partial charge in [-0.25, -0.2) is 0 Å². The Balaban J connectivity index is 0.916. The third-order valence-electron chi connectivity index (χ3n) is 17.5. The zero-order valence-corrected chi connectivity index (χ0v) is 42.7. The molecule has 0 radical (unpaired) electrons. The third kappa shape index (κ3) is 5.58. The normalized spacial score (nSPS) is 15.2. The Morgan fingerprint density at radius 1 is 0.325 bits per heavy atom. The van der Waals surface area contributed by atoms with Crippen molar-refractivity contribution in [3.05, 3.63) is 324 Å². The first kappa shape index (κ1) is 42.8. The van der Waals surface area contributed by atoms with Crippen LogP contribution in [-0.4, -0.2) is 4.57 Å². The maximum absolute atomic E-state index is 2.53. The fraction of sp³-hybridized carbons (Fsp3) is 0.0270. The van der Waals surface area contributed by atoms with Crippen LogP contribution >= 0.6 is 11.3 Å². The second-order valence-corrected chi connectivity index (χ2v) is 22.1. The van der Waals surface area contributed by atoms with Crippen LogP contribution < -0.4 is 4.90 Å². The summed E-state index contributed by atoms with van der Waals surface area (Å²) in [6.07, 6.45) is 0. The molecule has 358 valence electrons. The van der Waals surface area contributed by atoms with E-state index in [2.05, 4.69) is 289 Å². The van der Waals surface area contributed by atoms with Crippen molar-refractivity contribution in [1.82, 2.24) is 4.57 Å². The molecule has 77 heavy (non-hydrogen) atoms. The van der Waals surface area contributed by atoms with E-state index in [0.29, 0.717) is 0 Å². The van der Waals surface area contributed by atoms with E-state index in [-0.39, 0.29) is 0 Å². The van der Waals surface area contributed by atoms with E-state index in [1.807, 2.05) is 11.3 Å². The summed E-state index contributed by atoms with van der Waals surface area (Å²) < 4.78 is 5.15. The number of para-hydroxylation sites is 3. The molecule has 0 amide bonds. The van der Waals surface area contributed by atoms with Crippen LogP contribution in [0.15, 0.2) is 279 Å². The number of hydrogen-bond donors (Lipinski definition) is 0. The van der Waals surface area contributed by atoms with Crippen LogP contribution in [0.1, 0.15) is 44.5 Å². The van der Waals surface area contributed by atoms with Crippen molar-refractivity contribution in [2.75, 3.05) is 4.90 Å². The fourth-order valence-corrected chi connectivity index (χ4v) is 15.7. The number of rotatable bonds is 6. The molecular formula is C74H46N2S. The van der Waals surface area contributed by atoms with E-state index >= 15 is 0 Å². The predicted octanol–water partition coefficient (Wildman–Crippen LogP) is 19.3. The second kappa shape index (κ2) is 16.0. The zero-order valence-electron chi connectivity index (χ0n) is 41.9. The smallest absolute Gasteiger partial charge is 0.0755 e. The van der Waals surface area contributed by atoms with Gasteiger partial charge < -0.3 is 9.47 Å². The van der Waals surface area contributed by atoms with E-state index in [1.165, 1.54) is 126 Å². The number of thiophene rings is 1. The molecule has 3 aliphatic rings. The minimum atomic E-state index is -0.588. The number of benzene rings is 12. The van der Waals surface area contributed by atoms with Crippen molar-refractivity contribution in [2.45, 2.75) is 10.8 Å². The van der Waals surface area contributed by atoms with Crippen LogP contribution in [0, 0.1) is 0 Å². The van der Waals surface area contributed by atoms with Gasteiger partial charge in [0.05, 0.1) is 33.2 Å². The molecule has 2 aliphatic carbocycles. The van der Waals surface area contributed by atoms with Gasteiger partial charge in [-0.1, -0.05) is 224 Å². The van der Waals surface area contributed by atoms with Crippen LogP contribution in [0.25, 0.3) is 81.0 Å². The van der Waals surface area contributed by atoms with Gasteiger partial charge in [0, 0.05) is 47.9 Å². The Morgan fingerprint density at radius 2 is 0.844 bits per heavy atom. The largest absolute Gasteiger partial charge is 0.310 e. The summed E-state index contributed by atoms with van der Waals surface area (Å²) in [5.74, 6) is 0. The lowest BCUT2D eigenvalue weighted by atomic mass is 9.65. The Morgan fingerprint density at radius 3 is 1.61 bits per heavy atom. The Bertz CT molecular complexity index is 4710. The first-order valence-electron chi connectivity index (χ1n) is 26.7. The number of aromatic nitrogens is 1. The molecule has 1 aliphatic heterocycles. The fourth-order valence-electron chi connectivity index (χ4n) is 14.6. The molecule has 3 heterocycles. The number of anilines is 3. The van der Waals surface area contributed by atoms with Gasteiger partial charge in [-0.3, -0.25) is 0 Å². The standard InChI is InChI=1S/C74H46N2S/c1-2-19-48(20-3-1)73(59-28-9-4-21-53(59)54-22-5-10-29-60(54)73)49-41-45-51(46-42-49)75(50-43-39-47(40-44-50)52-26-17-38-69-70(52)58-25-8-15-37-68(58)77-69)67-36-18-32-63-71(67)57-24-6-11-30-61(57)74(63)62-31-12-14-35-66(62)76-65-34-13-7-23-55(65)56-27-16-33-64(74)72(56)76/h1-46H. The third-order valence-corrected chi connectivity index (χ3v) is 18.6. The molecule has 0 N–H and O–H groups in total. The summed E-state index contributed by atoms with van der Waals surface area (Å²) in [4.78, 5) is 2.53. The summed E-state index contributed by atoms with van der Waals surface area (Å²) in [7, 11) is 0. The van der Waals surface area contributed by atoms with E-state index < -0.39 is 10.8 Å². The van der Waals surface area contributed by atoms with Gasteiger partial charge in [0.15, 0.2) is 0 Å². The van der Waals surface area contributed by atoms with E-state index in [1.54, 1.807) is 0 Å². The SMILES string of the molecule is c1ccc(C2(c3ccc(N(c4ccc(-c5cccc6sc7ccccc7c56)cc4)c4cccc5c4-c4ccccc4C54c5ccccc5-n5c6ccccc6c6cccc4c65)cc3)c3ccccc3-c3ccccc32)cc1. The summed E-state index contributed by atoms with van der Waals surface area (Å²) in [6, 6.07) is 105. The average Bonchev–Trinajstić information content (AvgIpc) is 4.38. The van der Waals surface area contributed by atoms with Gasteiger partial charge in [0.2, 0.25) is 0 Å². The topological polar surface area (TPSA) is 8.17 Å². The van der Waals surface area contributed by atoms with Crippen LogP contribution in [0.4, 0.5) is 17.1 Å². The number of nitrogens with zero attached hydrogens (tertiary/aromatic N) is 2. The zero-order chi connectivity index (χ0) is 50.4. The maximum Gasteiger partial charge on any atom is 0.0755 e. The molecule has 0 bridgehead atoms. The highest BCUT2D eigenvalue weighted by Crippen LogP contribution is 2.64.